The Morgan fingerprint density at radius 1 is 1.10 bits per heavy atom. The molecule has 3 aromatic carbocycles. The van der Waals surface area contributed by atoms with Crippen LogP contribution in [0.25, 0.3) is 10.8 Å². The Morgan fingerprint density at radius 3 is 2.52 bits per heavy atom. The van der Waals surface area contributed by atoms with Gasteiger partial charge >= 0.3 is 0 Å². The van der Waals surface area contributed by atoms with Gasteiger partial charge in [0.25, 0.3) is 11.6 Å². The van der Waals surface area contributed by atoms with Gasteiger partial charge in [-0.05, 0) is 35.9 Å². The predicted molar refractivity (Wildman–Crippen MR) is 105 cm³/mol. The number of amides is 1. The third kappa shape index (κ3) is 3.33. The van der Waals surface area contributed by atoms with E-state index >= 15 is 0 Å². The molecule has 0 spiro atoms. The maximum atomic E-state index is 12.8. The largest absolute Gasteiger partial charge is 0.387 e. The molecule has 0 fully saturated rings. The molecule has 1 aliphatic heterocycles. The number of sulfonamides is 1. The van der Waals surface area contributed by atoms with Crippen LogP contribution < -0.4 is 10.0 Å². The number of nitrogens with zero attached hydrogens (tertiary/aromatic N) is 1. The number of aliphatic hydroxyl groups excluding tert-OH is 1. The molecule has 1 amide bonds. The Kier molecular flexibility index (Phi) is 4.53. The van der Waals surface area contributed by atoms with Gasteiger partial charge in [-0.3, -0.25) is 14.9 Å². The molecule has 1 aliphatic rings. The molecule has 0 bridgehead atoms. The Bertz CT molecular complexity index is 1250. The molecule has 3 N–H and O–H groups in total. The first-order valence-electron chi connectivity index (χ1n) is 8.57. The summed E-state index contributed by atoms with van der Waals surface area (Å²) in [7, 11) is -3.99. The van der Waals surface area contributed by atoms with E-state index in [1.165, 1.54) is 36.4 Å². The molecular formula is C19H15N3O6S. The second kappa shape index (κ2) is 6.92. The van der Waals surface area contributed by atoms with E-state index in [2.05, 4.69) is 10.0 Å². The lowest BCUT2D eigenvalue weighted by Gasteiger charge is -2.14. The Balaban J connectivity index is 1.59. The van der Waals surface area contributed by atoms with Crippen LogP contribution in [0.3, 0.4) is 0 Å². The van der Waals surface area contributed by atoms with E-state index in [-0.39, 0.29) is 23.0 Å². The fourth-order valence-corrected chi connectivity index (χ4v) is 4.54. The van der Waals surface area contributed by atoms with E-state index in [4.69, 9.17) is 0 Å². The molecule has 0 aromatic heterocycles. The molecule has 1 atom stereocenters. The first-order valence-corrected chi connectivity index (χ1v) is 10.1. The fraction of sp³-hybridized carbons (Fsp3) is 0.105. The Morgan fingerprint density at radius 2 is 1.83 bits per heavy atom. The number of anilines is 1. The summed E-state index contributed by atoms with van der Waals surface area (Å²) in [5, 5.41) is 24.6. The van der Waals surface area contributed by atoms with E-state index in [0.717, 1.165) is 0 Å². The van der Waals surface area contributed by atoms with Crippen molar-refractivity contribution >= 4 is 38.1 Å². The summed E-state index contributed by atoms with van der Waals surface area (Å²) in [4.78, 5) is 22.1. The van der Waals surface area contributed by atoms with E-state index < -0.39 is 21.1 Å². The standard InChI is InChI=1S/C19H15N3O6S/c23-16(11-4-6-12(7-5-11)22(25)26)10-20-29(27,28)17-9-8-15-18-13(17)2-1-3-14(18)19(24)21-15/h1-9,16,20,23H,10H2,(H,21,24)/t16-/m1/s1. The molecule has 29 heavy (non-hydrogen) atoms. The highest BCUT2D eigenvalue weighted by atomic mass is 32.2. The molecule has 4 rings (SSSR count). The third-order valence-corrected chi connectivity index (χ3v) is 6.22. The number of aliphatic hydroxyl groups is 1. The van der Waals surface area contributed by atoms with Crippen LogP contribution in [0.5, 0.6) is 0 Å². The Labute approximate surface area is 165 Å². The van der Waals surface area contributed by atoms with Crippen molar-refractivity contribution < 1.29 is 23.2 Å². The fourth-order valence-electron chi connectivity index (χ4n) is 3.30. The van der Waals surface area contributed by atoms with Gasteiger partial charge in [0.15, 0.2) is 0 Å². The molecule has 0 saturated heterocycles. The van der Waals surface area contributed by atoms with Crippen molar-refractivity contribution in [1.29, 1.82) is 0 Å². The van der Waals surface area contributed by atoms with Gasteiger partial charge in [0.1, 0.15) is 0 Å². The van der Waals surface area contributed by atoms with Crippen LogP contribution in [0.2, 0.25) is 0 Å². The summed E-state index contributed by atoms with van der Waals surface area (Å²) in [6.07, 6.45) is -1.19. The average molecular weight is 413 g/mol. The predicted octanol–water partition coefficient (Wildman–Crippen LogP) is 2.33. The van der Waals surface area contributed by atoms with E-state index in [1.54, 1.807) is 18.2 Å². The quantitative estimate of drug-likeness (QED) is 0.419. The van der Waals surface area contributed by atoms with E-state index in [9.17, 15) is 28.4 Å². The average Bonchev–Trinajstić information content (AvgIpc) is 3.04. The molecular weight excluding hydrogens is 398 g/mol. The van der Waals surface area contributed by atoms with Crippen LogP contribution >= 0.6 is 0 Å². The number of rotatable bonds is 6. The lowest BCUT2D eigenvalue weighted by molar-refractivity contribution is -0.384. The number of nitro groups is 1. The third-order valence-electron chi connectivity index (χ3n) is 4.74. The van der Waals surface area contributed by atoms with Gasteiger partial charge in [0, 0.05) is 40.7 Å². The minimum atomic E-state index is -3.99. The molecule has 9 nitrogen and oxygen atoms in total. The SMILES string of the molecule is O=C1Nc2ccc(S(=O)(=O)NC[C@@H](O)c3ccc([N+](=O)[O-])cc3)c3cccc1c23. The topological polar surface area (TPSA) is 139 Å². The summed E-state index contributed by atoms with van der Waals surface area (Å²) in [6.45, 7) is -0.319. The van der Waals surface area contributed by atoms with Crippen LogP contribution in [0.4, 0.5) is 11.4 Å². The zero-order valence-electron chi connectivity index (χ0n) is 14.8. The smallest absolute Gasteiger partial charge is 0.269 e. The van der Waals surface area contributed by atoms with Crippen molar-refractivity contribution in [2.75, 3.05) is 11.9 Å². The van der Waals surface area contributed by atoms with Crippen molar-refractivity contribution in [2.24, 2.45) is 0 Å². The lowest BCUT2D eigenvalue weighted by atomic mass is 10.1. The first-order chi connectivity index (χ1) is 13.8. The molecule has 3 aromatic rings. The van der Waals surface area contributed by atoms with Gasteiger partial charge < -0.3 is 10.4 Å². The highest BCUT2D eigenvalue weighted by molar-refractivity contribution is 7.89. The summed E-state index contributed by atoms with van der Waals surface area (Å²) in [6, 6.07) is 13.0. The van der Waals surface area contributed by atoms with Crippen LogP contribution in [-0.2, 0) is 10.0 Å². The van der Waals surface area contributed by atoms with Crippen LogP contribution in [0.1, 0.15) is 22.0 Å². The van der Waals surface area contributed by atoms with Crippen molar-refractivity contribution in [2.45, 2.75) is 11.0 Å². The molecule has 10 heteroatoms. The first kappa shape index (κ1) is 19.0. The van der Waals surface area contributed by atoms with Crippen molar-refractivity contribution in [3.63, 3.8) is 0 Å². The number of nitrogens with one attached hydrogen (secondary N) is 2. The molecule has 0 saturated carbocycles. The maximum absolute atomic E-state index is 12.8. The monoisotopic (exact) mass is 413 g/mol. The van der Waals surface area contributed by atoms with E-state index in [0.29, 0.717) is 27.6 Å². The number of carbonyl (C=O) groups is 1. The minimum absolute atomic E-state index is 0.00880. The normalized spacial score (nSPS) is 14.0. The summed E-state index contributed by atoms with van der Waals surface area (Å²) in [5.41, 5.74) is 1.16. The number of nitro benzene ring substituents is 1. The number of hydrogen-bond acceptors (Lipinski definition) is 6. The molecule has 0 unspecified atom stereocenters. The van der Waals surface area contributed by atoms with Crippen LogP contribution in [-0.4, -0.2) is 30.9 Å². The highest BCUT2D eigenvalue weighted by Gasteiger charge is 2.26. The van der Waals surface area contributed by atoms with Gasteiger partial charge in [0.2, 0.25) is 10.0 Å². The lowest BCUT2D eigenvalue weighted by Crippen LogP contribution is -2.28. The number of carbonyl (C=O) groups excluding carboxylic acids is 1. The zero-order valence-corrected chi connectivity index (χ0v) is 15.6. The zero-order chi connectivity index (χ0) is 20.8. The number of hydrogen-bond donors (Lipinski definition) is 3. The highest BCUT2D eigenvalue weighted by Crippen LogP contribution is 2.36. The van der Waals surface area contributed by atoms with Gasteiger partial charge in [-0.2, -0.15) is 0 Å². The molecule has 0 radical (unpaired) electrons. The summed E-state index contributed by atoms with van der Waals surface area (Å²) in [5.74, 6) is -0.290. The summed E-state index contributed by atoms with van der Waals surface area (Å²) < 4.78 is 28.0. The van der Waals surface area contributed by atoms with Gasteiger partial charge in [-0.1, -0.05) is 12.1 Å². The van der Waals surface area contributed by atoms with Crippen molar-refractivity contribution in [1.82, 2.24) is 4.72 Å². The number of non-ortho nitro benzene ring substituents is 1. The van der Waals surface area contributed by atoms with Gasteiger partial charge in [-0.25, -0.2) is 13.1 Å². The summed E-state index contributed by atoms with van der Waals surface area (Å²) >= 11 is 0. The van der Waals surface area contributed by atoms with Gasteiger partial charge in [-0.15, -0.1) is 0 Å². The van der Waals surface area contributed by atoms with Crippen LogP contribution in [0.15, 0.2) is 59.5 Å². The minimum Gasteiger partial charge on any atom is -0.387 e. The molecule has 148 valence electrons. The van der Waals surface area contributed by atoms with E-state index in [1.807, 2.05) is 0 Å². The molecule has 0 aliphatic carbocycles. The second-order valence-electron chi connectivity index (χ2n) is 6.51. The number of benzene rings is 3. The molecule has 1 heterocycles. The Hall–Kier alpha value is -3.34. The van der Waals surface area contributed by atoms with Crippen LogP contribution in [0, 0.1) is 10.1 Å². The van der Waals surface area contributed by atoms with Gasteiger partial charge in [0.05, 0.1) is 15.9 Å². The maximum Gasteiger partial charge on any atom is 0.269 e. The second-order valence-corrected chi connectivity index (χ2v) is 8.25. The van der Waals surface area contributed by atoms with Crippen molar-refractivity contribution in [3.05, 3.63) is 75.8 Å². The van der Waals surface area contributed by atoms with Crippen molar-refractivity contribution in [3.8, 4) is 0 Å².